The van der Waals surface area contributed by atoms with Crippen LogP contribution in [0.25, 0.3) is 0 Å². The largest absolute Gasteiger partial charge is 0.296 e. The molecule has 0 N–H and O–H groups in total. The minimum atomic E-state index is 0.588. The Morgan fingerprint density at radius 2 is 1.89 bits per heavy atom. The molecule has 0 heterocycles. The summed E-state index contributed by atoms with van der Waals surface area (Å²) in [4.78, 5) is 4.00. The zero-order valence-electron chi connectivity index (χ0n) is 12.1. The lowest BCUT2D eigenvalue weighted by molar-refractivity contribution is 0.698. The molecule has 0 aromatic heterocycles. The predicted molar refractivity (Wildman–Crippen MR) is 84.2 cm³/mol. The van der Waals surface area contributed by atoms with Crippen LogP contribution >= 0.6 is 0 Å². The van der Waals surface area contributed by atoms with Crippen molar-refractivity contribution in [3.63, 3.8) is 0 Å². The van der Waals surface area contributed by atoms with Crippen molar-refractivity contribution in [1.29, 1.82) is 0 Å². The Morgan fingerprint density at radius 1 is 1.22 bits per heavy atom. The van der Waals surface area contributed by atoms with Crippen molar-refractivity contribution in [2.24, 2.45) is 10.9 Å². The second-order valence-corrected chi connectivity index (χ2v) is 4.13. The van der Waals surface area contributed by atoms with Gasteiger partial charge in [0.25, 0.3) is 0 Å². The second-order valence-electron chi connectivity index (χ2n) is 4.13. The fourth-order valence-electron chi connectivity index (χ4n) is 1.36. The van der Waals surface area contributed by atoms with E-state index >= 15 is 0 Å². The van der Waals surface area contributed by atoms with Crippen molar-refractivity contribution < 1.29 is 0 Å². The highest BCUT2D eigenvalue weighted by atomic mass is 14.6. The molecular formula is C17H25N. The molecule has 0 saturated carbocycles. The van der Waals surface area contributed by atoms with Gasteiger partial charge in [0.2, 0.25) is 0 Å². The molecule has 0 aliphatic heterocycles. The van der Waals surface area contributed by atoms with Gasteiger partial charge < -0.3 is 0 Å². The number of aliphatic imine (C=N–C) groups is 1. The van der Waals surface area contributed by atoms with E-state index in [0.717, 1.165) is 17.6 Å². The molecule has 0 radical (unpaired) electrons. The van der Waals surface area contributed by atoms with Gasteiger partial charge in [0.15, 0.2) is 0 Å². The van der Waals surface area contributed by atoms with Gasteiger partial charge in [0.05, 0.1) is 0 Å². The fourth-order valence-corrected chi connectivity index (χ4v) is 1.36. The molecule has 0 aromatic carbocycles. The zero-order valence-corrected chi connectivity index (χ0v) is 12.1. The zero-order chi connectivity index (χ0) is 13.8. The lowest BCUT2D eigenvalue weighted by Gasteiger charge is -2.05. The van der Waals surface area contributed by atoms with E-state index in [9.17, 15) is 0 Å². The SMILES string of the molecule is C=C/C=C(\C=C/C(C)CC)C(/C=C\C)=C/C=N/C. The predicted octanol–water partition coefficient (Wildman–Crippen LogP) is 4.90. The molecule has 1 atom stereocenters. The highest BCUT2D eigenvalue weighted by Gasteiger charge is 1.98. The maximum Gasteiger partial charge on any atom is 0.0277 e. The third kappa shape index (κ3) is 6.85. The topological polar surface area (TPSA) is 12.4 Å². The van der Waals surface area contributed by atoms with Crippen LogP contribution in [0, 0.1) is 5.92 Å². The van der Waals surface area contributed by atoms with Crippen LogP contribution in [0.5, 0.6) is 0 Å². The quantitative estimate of drug-likeness (QED) is 0.445. The average molecular weight is 243 g/mol. The van der Waals surface area contributed by atoms with Gasteiger partial charge in [-0.2, -0.15) is 0 Å². The van der Waals surface area contributed by atoms with Gasteiger partial charge in [0, 0.05) is 13.3 Å². The summed E-state index contributed by atoms with van der Waals surface area (Å²) in [5, 5.41) is 0. The molecular weight excluding hydrogens is 218 g/mol. The molecule has 0 rings (SSSR count). The Balaban J connectivity index is 5.24. The molecule has 0 aromatic rings. The molecule has 0 aliphatic rings. The first-order valence-corrected chi connectivity index (χ1v) is 6.46. The molecule has 1 heteroatoms. The molecule has 0 bridgehead atoms. The summed E-state index contributed by atoms with van der Waals surface area (Å²) in [6.45, 7) is 10.2. The minimum Gasteiger partial charge on any atom is -0.296 e. The summed E-state index contributed by atoms with van der Waals surface area (Å²) < 4.78 is 0. The number of allylic oxidation sites excluding steroid dienone is 9. The van der Waals surface area contributed by atoms with E-state index < -0.39 is 0 Å². The first kappa shape index (κ1) is 16.4. The Morgan fingerprint density at radius 3 is 2.39 bits per heavy atom. The van der Waals surface area contributed by atoms with Gasteiger partial charge in [0.1, 0.15) is 0 Å². The number of hydrogen-bond acceptors (Lipinski definition) is 1. The van der Waals surface area contributed by atoms with Crippen molar-refractivity contribution in [3.8, 4) is 0 Å². The molecule has 0 fully saturated rings. The van der Waals surface area contributed by atoms with Gasteiger partial charge in [-0.05, 0) is 30.1 Å². The molecule has 98 valence electrons. The number of nitrogens with zero attached hydrogens (tertiary/aromatic N) is 1. The van der Waals surface area contributed by atoms with Crippen LogP contribution in [0.4, 0.5) is 0 Å². The van der Waals surface area contributed by atoms with Crippen LogP contribution in [0.2, 0.25) is 0 Å². The van der Waals surface area contributed by atoms with Crippen molar-refractivity contribution in [1.82, 2.24) is 0 Å². The summed E-state index contributed by atoms with van der Waals surface area (Å²) in [5.74, 6) is 0.588. The van der Waals surface area contributed by atoms with Crippen molar-refractivity contribution in [2.45, 2.75) is 27.2 Å². The van der Waals surface area contributed by atoms with Crippen LogP contribution in [0.1, 0.15) is 27.2 Å². The summed E-state index contributed by atoms with van der Waals surface area (Å²) >= 11 is 0. The second kappa shape index (κ2) is 10.5. The van der Waals surface area contributed by atoms with E-state index in [1.54, 1.807) is 7.05 Å². The molecule has 1 unspecified atom stereocenters. The lowest BCUT2D eigenvalue weighted by atomic mass is 10.0. The molecule has 18 heavy (non-hydrogen) atoms. The monoisotopic (exact) mass is 243 g/mol. The summed E-state index contributed by atoms with van der Waals surface area (Å²) in [6, 6.07) is 0. The summed E-state index contributed by atoms with van der Waals surface area (Å²) in [7, 11) is 1.77. The number of hydrogen-bond donors (Lipinski definition) is 0. The van der Waals surface area contributed by atoms with E-state index in [0.29, 0.717) is 5.92 Å². The fraction of sp³-hybridized carbons (Fsp3) is 0.353. The number of rotatable bonds is 7. The Kier molecular flexibility index (Phi) is 9.57. The van der Waals surface area contributed by atoms with E-state index in [1.165, 1.54) is 0 Å². The Bertz CT molecular complexity index is 378. The van der Waals surface area contributed by atoms with Crippen LogP contribution < -0.4 is 0 Å². The lowest BCUT2D eigenvalue weighted by Crippen LogP contribution is -1.88. The first-order chi connectivity index (χ1) is 8.69. The van der Waals surface area contributed by atoms with E-state index in [1.807, 2.05) is 37.4 Å². The molecule has 0 saturated heterocycles. The van der Waals surface area contributed by atoms with Crippen molar-refractivity contribution in [3.05, 3.63) is 60.3 Å². The normalized spacial score (nSPS) is 16.0. The van der Waals surface area contributed by atoms with Crippen LogP contribution in [-0.2, 0) is 0 Å². The minimum absolute atomic E-state index is 0.588. The van der Waals surface area contributed by atoms with E-state index in [2.05, 4.69) is 43.6 Å². The summed E-state index contributed by atoms with van der Waals surface area (Å²) in [6.07, 6.45) is 17.3. The Hall–Kier alpha value is -1.63. The molecule has 1 nitrogen and oxygen atoms in total. The molecule has 0 aliphatic carbocycles. The van der Waals surface area contributed by atoms with Gasteiger partial charge in [-0.3, -0.25) is 4.99 Å². The van der Waals surface area contributed by atoms with Gasteiger partial charge in [-0.15, -0.1) is 0 Å². The third-order valence-corrected chi connectivity index (χ3v) is 2.63. The maximum absolute atomic E-state index is 4.00. The highest BCUT2D eigenvalue weighted by molar-refractivity contribution is 5.75. The van der Waals surface area contributed by atoms with Crippen molar-refractivity contribution >= 4 is 6.21 Å². The maximum atomic E-state index is 4.00. The van der Waals surface area contributed by atoms with E-state index in [4.69, 9.17) is 0 Å². The molecule has 0 spiro atoms. The first-order valence-electron chi connectivity index (χ1n) is 6.46. The van der Waals surface area contributed by atoms with Gasteiger partial charge >= 0.3 is 0 Å². The highest BCUT2D eigenvalue weighted by Crippen LogP contribution is 2.15. The standard InChI is InChI=1S/C17H25N/c1-6-9-16(12-11-15(4)8-3)17(10-7-2)13-14-18-5/h6-7,9-15H,1,8H2,2-5H3/b10-7-,12-11-,16-9+,17-13+,18-14+. The smallest absolute Gasteiger partial charge is 0.0277 e. The van der Waals surface area contributed by atoms with Gasteiger partial charge in [-0.25, -0.2) is 0 Å². The Labute approximate surface area is 112 Å². The van der Waals surface area contributed by atoms with Crippen LogP contribution in [-0.4, -0.2) is 13.3 Å². The average Bonchev–Trinajstić information content (AvgIpc) is 2.39. The van der Waals surface area contributed by atoms with Gasteiger partial charge in [-0.1, -0.05) is 63.3 Å². The van der Waals surface area contributed by atoms with E-state index in [-0.39, 0.29) is 0 Å². The molecule has 0 amide bonds. The third-order valence-electron chi connectivity index (χ3n) is 2.63. The van der Waals surface area contributed by atoms with Crippen LogP contribution in [0.3, 0.4) is 0 Å². The summed E-state index contributed by atoms with van der Waals surface area (Å²) in [5.41, 5.74) is 2.30. The van der Waals surface area contributed by atoms with Crippen LogP contribution in [0.15, 0.2) is 65.2 Å². The van der Waals surface area contributed by atoms with Crippen molar-refractivity contribution in [2.75, 3.05) is 7.05 Å².